The zero-order valence-electron chi connectivity index (χ0n) is 14.7. The maximum atomic E-state index is 13.4. The van der Waals surface area contributed by atoms with Crippen LogP contribution in [0, 0.1) is 6.92 Å². The molecule has 0 radical (unpaired) electrons. The quantitative estimate of drug-likeness (QED) is 0.599. The highest BCUT2D eigenvalue weighted by atomic mass is 35.5. The molecule has 3 heterocycles. The van der Waals surface area contributed by atoms with Gasteiger partial charge in [0.2, 0.25) is 0 Å². The zero-order chi connectivity index (χ0) is 17.9. The van der Waals surface area contributed by atoms with Crippen LogP contribution < -0.4 is 0 Å². The third kappa shape index (κ3) is 2.26. The molecular formula is C21H21ClN2O2. The number of hydrazine groups is 1. The van der Waals surface area contributed by atoms with Crippen LogP contribution >= 0.6 is 11.6 Å². The minimum atomic E-state index is -1.15. The van der Waals surface area contributed by atoms with E-state index in [1.807, 2.05) is 30.1 Å². The number of nitrogens with zero attached hydrogens (tertiary/aromatic N) is 2. The fourth-order valence-corrected chi connectivity index (χ4v) is 4.75. The Morgan fingerprint density at radius 2 is 1.85 bits per heavy atom. The summed E-state index contributed by atoms with van der Waals surface area (Å²) >= 11 is 7.08. The molecular weight excluding hydrogens is 348 g/mol. The van der Waals surface area contributed by atoms with Gasteiger partial charge in [0.15, 0.2) is 11.1 Å². The van der Waals surface area contributed by atoms with Crippen molar-refractivity contribution in [3.05, 3.63) is 59.7 Å². The van der Waals surface area contributed by atoms with Gasteiger partial charge < -0.3 is 4.74 Å². The number of fused-ring (bicyclic) bond motifs is 3. The molecule has 1 amide bonds. The topological polar surface area (TPSA) is 36.1 Å². The third-order valence-corrected chi connectivity index (χ3v) is 6.33. The monoisotopic (exact) mass is 368 g/mol. The van der Waals surface area contributed by atoms with Crippen molar-refractivity contribution in [3.8, 4) is 11.1 Å². The molecule has 0 bridgehead atoms. The van der Waals surface area contributed by atoms with Gasteiger partial charge in [-0.05, 0) is 48.1 Å². The summed E-state index contributed by atoms with van der Waals surface area (Å²) in [4.78, 5) is 12.2. The van der Waals surface area contributed by atoms with Gasteiger partial charge in [-0.1, -0.05) is 42.5 Å². The van der Waals surface area contributed by atoms with Crippen LogP contribution in [0.2, 0.25) is 0 Å². The van der Waals surface area contributed by atoms with Crippen molar-refractivity contribution in [2.75, 3.05) is 13.1 Å². The number of halogens is 1. The molecule has 5 rings (SSSR count). The highest BCUT2D eigenvalue weighted by Crippen LogP contribution is 2.53. The number of ether oxygens (including phenoxy) is 1. The largest absolute Gasteiger partial charge is 0.348 e. The molecule has 2 aromatic carbocycles. The molecule has 0 saturated carbocycles. The molecule has 3 aliphatic heterocycles. The molecule has 2 aromatic rings. The van der Waals surface area contributed by atoms with Crippen LogP contribution in [0.25, 0.3) is 11.1 Å². The molecule has 5 heteroatoms. The maximum Gasteiger partial charge on any atom is 0.265 e. The SMILES string of the molecule is Cc1ccc(-c2ccccc2)cc1C1(Cl)C(=O)N2CCCCN2C2OC21. The second-order valence-electron chi connectivity index (χ2n) is 7.35. The first kappa shape index (κ1) is 16.3. The average molecular weight is 369 g/mol. The third-order valence-electron chi connectivity index (χ3n) is 5.75. The summed E-state index contributed by atoms with van der Waals surface area (Å²) in [7, 11) is 0. The van der Waals surface area contributed by atoms with E-state index in [-0.39, 0.29) is 18.2 Å². The van der Waals surface area contributed by atoms with Gasteiger partial charge in [-0.15, -0.1) is 11.6 Å². The first-order chi connectivity index (χ1) is 12.6. The van der Waals surface area contributed by atoms with Crippen LogP contribution in [0.3, 0.4) is 0 Å². The highest BCUT2D eigenvalue weighted by molar-refractivity contribution is 6.36. The minimum Gasteiger partial charge on any atom is -0.348 e. The van der Waals surface area contributed by atoms with Gasteiger partial charge in [-0.2, -0.15) is 5.01 Å². The van der Waals surface area contributed by atoms with Crippen LogP contribution in [0.15, 0.2) is 48.5 Å². The number of hydrogen-bond acceptors (Lipinski definition) is 3. The van der Waals surface area contributed by atoms with Crippen molar-refractivity contribution in [1.29, 1.82) is 0 Å². The molecule has 26 heavy (non-hydrogen) atoms. The van der Waals surface area contributed by atoms with Crippen molar-refractivity contribution < 1.29 is 9.53 Å². The molecule has 3 atom stereocenters. The van der Waals surface area contributed by atoms with Gasteiger partial charge in [-0.3, -0.25) is 9.80 Å². The molecule has 0 spiro atoms. The lowest BCUT2D eigenvalue weighted by Crippen LogP contribution is -2.62. The van der Waals surface area contributed by atoms with E-state index < -0.39 is 4.87 Å². The van der Waals surface area contributed by atoms with E-state index in [0.29, 0.717) is 0 Å². The van der Waals surface area contributed by atoms with Crippen molar-refractivity contribution >= 4 is 17.5 Å². The van der Waals surface area contributed by atoms with Crippen LogP contribution in [0.5, 0.6) is 0 Å². The standard InChI is InChI=1S/C21H21ClN2O2/c1-14-9-10-16(15-7-3-2-4-8-15)13-17(14)21(22)18-19(26-18)23-11-5-6-12-24(23)20(21)25/h2-4,7-10,13,18-19H,5-6,11-12H2,1H3. The summed E-state index contributed by atoms with van der Waals surface area (Å²) < 4.78 is 5.92. The lowest BCUT2D eigenvalue weighted by Gasteiger charge is -2.45. The second kappa shape index (κ2) is 5.81. The fourth-order valence-electron chi connectivity index (χ4n) is 4.29. The first-order valence-electron chi connectivity index (χ1n) is 9.20. The van der Waals surface area contributed by atoms with Crippen molar-refractivity contribution in [3.63, 3.8) is 0 Å². The Balaban J connectivity index is 1.60. The Bertz CT molecular complexity index is 872. The van der Waals surface area contributed by atoms with Crippen LogP contribution in [-0.4, -0.2) is 41.3 Å². The molecule has 3 fully saturated rings. The average Bonchev–Trinajstić information content (AvgIpc) is 3.49. The Labute approximate surface area is 158 Å². The number of alkyl halides is 1. The molecule has 0 aromatic heterocycles. The van der Waals surface area contributed by atoms with Gasteiger partial charge >= 0.3 is 0 Å². The van der Waals surface area contributed by atoms with E-state index in [1.54, 1.807) is 0 Å². The molecule has 0 aliphatic carbocycles. The smallest absolute Gasteiger partial charge is 0.265 e. The number of carbonyl (C=O) groups is 1. The summed E-state index contributed by atoms with van der Waals surface area (Å²) in [6.07, 6.45) is 1.74. The number of epoxide rings is 1. The lowest BCUT2D eigenvalue weighted by atomic mass is 9.86. The van der Waals surface area contributed by atoms with Crippen molar-refractivity contribution in [1.82, 2.24) is 10.0 Å². The van der Waals surface area contributed by atoms with E-state index in [9.17, 15) is 4.79 Å². The fraction of sp³-hybridized carbons (Fsp3) is 0.381. The normalized spacial score (nSPS) is 30.7. The highest BCUT2D eigenvalue weighted by Gasteiger charge is 2.68. The van der Waals surface area contributed by atoms with Gasteiger partial charge in [0.05, 0.1) is 0 Å². The van der Waals surface area contributed by atoms with Gasteiger partial charge in [0.1, 0.15) is 6.10 Å². The number of rotatable bonds is 2. The minimum absolute atomic E-state index is 0.0501. The number of hydrogen-bond donors (Lipinski definition) is 0. The first-order valence-corrected chi connectivity index (χ1v) is 9.58. The number of aryl methyl sites for hydroxylation is 1. The molecule has 3 unspecified atom stereocenters. The Hall–Kier alpha value is -1.88. The van der Waals surface area contributed by atoms with E-state index >= 15 is 0 Å². The van der Waals surface area contributed by atoms with Crippen molar-refractivity contribution in [2.45, 2.75) is 37.0 Å². The predicted molar refractivity (Wildman–Crippen MR) is 100 cm³/mol. The van der Waals surface area contributed by atoms with Gasteiger partial charge in [-0.25, -0.2) is 0 Å². The number of carbonyl (C=O) groups excluding carboxylic acids is 1. The Kier molecular flexibility index (Phi) is 3.64. The van der Waals surface area contributed by atoms with E-state index in [2.05, 4.69) is 35.3 Å². The molecule has 4 nitrogen and oxygen atoms in total. The van der Waals surface area contributed by atoms with Gasteiger partial charge in [0.25, 0.3) is 5.91 Å². The lowest BCUT2D eigenvalue weighted by molar-refractivity contribution is -0.165. The molecule has 134 valence electrons. The zero-order valence-corrected chi connectivity index (χ0v) is 15.4. The maximum absolute atomic E-state index is 13.4. The van der Waals surface area contributed by atoms with Crippen LogP contribution in [-0.2, 0) is 14.4 Å². The van der Waals surface area contributed by atoms with Crippen LogP contribution in [0.4, 0.5) is 0 Å². The number of benzene rings is 2. The summed E-state index contributed by atoms with van der Waals surface area (Å²) in [6, 6.07) is 16.4. The van der Waals surface area contributed by atoms with Crippen LogP contribution in [0.1, 0.15) is 24.0 Å². The summed E-state index contributed by atoms with van der Waals surface area (Å²) in [5, 5.41) is 3.88. The summed E-state index contributed by atoms with van der Waals surface area (Å²) in [6.45, 7) is 3.60. The van der Waals surface area contributed by atoms with E-state index in [1.165, 1.54) is 0 Å². The Morgan fingerprint density at radius 3 is 2.65 bits per heavy atom. The summed E-state index contributed by atoms with van der Waals surface area (Å²) in [5.74, 6) is -0.0501. The van der Waals surface area contributed by atoms with Gasteiger partial charge in [0, 0.05) is 13.1 Å². The van der Waals surface area contributed by atoms with E-state index in [0.717, 1.165) is 48.2 Å². The molecule has 0 N–H and O–H groups in total. The second-order valence-corrected chi connectivity index (χ2v) is 7.95. The summed E-state index contributed by atoms with van der Waals surface area (Å²) in [5.41, 5.74) is 4.07. The number of amides is 1. The molecule has 3 saturated heterocycles. The molecule has 3 aliphatic rings. The Morgan fingerprint density at radius 1 is 1.08 bits per heavy atom. The van der Waals surface area contributed by atoms with Crippen molar-refractivity contribution in [2.24, 2.45) is 0 Å². The predicted octanol–water partition coefficient (Wildman–Crippen LogP) is 3.67. The van der Waals surface area contributed by atoms with E-state index in [4.69, 9.17) is 16.3 Å².